The van der Waals surface area contributed by atoms with E-state index in [0.29, 0.717) is 12.6 Å². The molecule has 3 nitrogen and oxygen atoms in total. The molecule has 19 heavy (non-hydrogen) atoms. The molecule has 1 aliphatic rings. The Kier molecular flexibility index (Phi) is 4.97. The number of hydrogen-bond acceptors (Lipinski definition) is 2. The minimum Gasteiger partial charge on any atom is -0.325 e. The fourth-order valence-corrected chi connectivity index (χ4v) is 2.79. The van der Waals surface area contributed by atoms with Crippen molar-refractivity contribution in [2.45, 2.75) is 45.6 Å². The SMILES string of the molecule is Cc1ccccc1NC(=O)CNC(C)C1CCCC1. The Bertz CT molecular complexity index is 425. The number of para-hydroxylation sites is 1. The molecule has 0 aliphatic heterocycles. The van der Waals surface area contributed by atoms with Crippen molar-refractivity contribution in [1.29, 1.82) is 0 Å². The van der Waals surface area contributed by atoms with Gasteiger partial charge in [-0.15, -0.1) is 0 Å². The number of hydrogen-bond donors (Lipinski definition) is 2. The molecule has 1 amide bonds. The lowest BCUT2D eigenvalue weighted by Gasteiger charge is -2.20. The Balaban J connectivity index is 1.77. The third-order valence-corrected chi connectivity index (χ3v) is 4.11. The van der Waals surface area contributed by atoms with Crippen molar-refractivity contribution in [3.05, 3.63) is 29.8 Å². The first-order valence-electron chi connectivity index (χ1n) is 7.25. The number of aryl methyl sites for hydroxylation is 1. The van der Waals surface area contributed by atoms with Gasteiger partial charge in [-0.2, -0.15) is 0 Å². The molecule has 2 rings (SSSR count). The first-order chi connectivity index (χ1) is 9.16. The van der Waals surface area contributed by atoms with E-state index in [1.165, 1.54) is 25.7 Å². The van der Waals surface area contributed by atoms with Crippen molar-refractivity contribution >= 4 is 11.6 Å². The summed E-state index contributed by atoms with van der Waals surface area (Å²) in [5.74, 6) is 0.783. The van der Waals surface area contributed by atoms with E-state index in [1.54, 1.807) is 0 Å². The molecule has 1 fully saturated rings. The maximum absolute atomic E-state index is 11.9. The van der Waals surface area contributed by atoms with Crippen LogP contribution >= 0.6 is 0 Å². The maximum atomic E-state index is 11.9. The Morgan fingerprint density at radius 2 is 2.00 bits per heavy atom. The predicted molar refractivity (Wildman–Crippen MR) is 79.2 cm³/mol. The van der Waals surface area contributed by atoms with Crippen molar-refractivity contribution in [3.8, 4) is 0 Å². The average molecular weight is 260 g/mol. The van der Waals surface area contributed by atoms with Crippen LogP contribution in [-0.2, 0) is 4.79 Å². The lowest BCUT2D eigenvalue weighted by Crippen LogP contribution is -2.38. The lowest BCUT2D eigenvalue weighted by molar-refractivity contribution is -0.115. The van der Waals surface area contributed by atoms with E-state index in [4.69, 9.17) is 0 Å². The van der Waals surface area contributed by atoms with Crippen LogP contribution in [-0.4, -0.2) is 18.5 Å². The number of carbonyl (C=O) groups is 1. The normalized spacial score (nSPS) is 17.4. The van der Waals surface area contributed by atoms with Gasteiger partial charge in [0.1, 0.15) is 0 Å². The highest BCUT2D eigenvalue weighted by Gasteiger charge is 2.21. The molecule has 0 radical (unpaired) electrons. The molecule has 0 aromatic heterocycles. The van der Waals surface area contributed by atoms with Crippen LogP contribution in [0.25, 0.3) is 0 Å². The van der Waals surface area contributed by atoms with Crippen LogP contribution in [0.1, 0.15) is 38.2 Å². The van der Waals surface area contributed by atoms with Crippen LogP contribution in [0.2, 0.25) is 0 Å². The number of benzene rings is 1. The third-order valence-electron chi connectivity index (χ3n) is 4.11. The van der Waals surface area contributed by atoms with Crippen LogP contribution in [0.3, 0.4) is 0 Å². The zero-order valence-electron chi connectivity index (χ0n) is 11.9. The highest BCUT2D eigenvalue weighted by atomic mass is 16.1. The molecule has 1 aromatic rings. The van der Waals surface area contributed by atoms with Crippen LogP contribution in [0.15, 0.2) is 24.3 Å². The van der Waals surface area contributed by atoms with Gasteiger partial charge in [0.25, 0.3) is 0 Å². The number of nitrogens with one attached hydrogen (secondary N) is 2. The van der Waals surface area contributed by atoms with E-state index in [1.807, 2.05) is 31.2 Å². The summed E-state index contributed by atoms with van der Waals surface area (Å²) in [5.41, 5.74) is 2.00. The van der Waals surface area contributed by atoms with Crippen LogP contribution in [0, 0.1) is 12.8 Å². The summed E-state index contributed by atoms with van der Waals surface area (Å²) in [6.07, 6.45) is 5.28. The summed E-state index contributed by atoms with van der Waals surface area (Å²) in [4.78, 5) is 11.9. The molecule has 1 aromatic carbocycles. The Labute approximate surface area is 115 Å². The molecule has 0 spiro atoms. The highest BCUT2D eigenvalue weighted by molar-refractivity contribution is 5.92. The molecular formula is C16H24N2O. The van der Waals surface area contributed by atoms with Gasteiger partial charge in [-0.1, -0.05) is 31.0 Å². The molecule has 1 saturated carbocycles. The lowest BCUT2D eigenvalue weighted by atomic mass is 10.00. The molecule has 3 heteroatoms. The van der Waals surface area contributed by atoms with Crippen molar-refractivity contribution < 1.29 is 4.79 Å². The smallest absolute Gasteiger partial charge is 0.238 e. The maximum Gasteiger partial charge on any atom is 0.238 e. The summed E-state index contributed by atoms with van der Waals surface area (Å²) in [7, 11) is 0. The first-order valence-corrected chi connectivity index (χ1v) is 7.25. The number of carbonyl (C=O) groups excluding carboxylic acids is 1. The molecule has 104 valence electrons. The van der Waals surface area contributed by atoms with Crippen LogP contribution < -0.4 is 10.6 Å². The van der Waals surface area contributed by atoms with Crippen molar-refractivity contribution in [2.24, 2.45) is 5.92 Å². The van der Waals surface area contributed by atoms with E-state index in [2.05, 4.69) is 17.6 Å². The summed E-state index contributed by atoms with van der Waals surface area (Å²) in [6, 6.07) is 8.30. The van der Waals surface area contributed by atoms with Crippen LogP contribution in [0.4, 0.5) is 5.69 Å². The first kappa shape index (κ1) is 14.1. The molecule has 1 aliphatic carbocycles. The van der Waals surface area contributed by atoms with Gasteiger partial charge in [0.15, 0.2) is 0 Å². The van der Waals surface area contributed by atoms with Gasteiger partial charge in [0.2, 0.25) is 5.91 Å². The molecule has 2 N–H and O–H groups in total. The summed E-state index contributed by atoms with van der Waals surface area (Å²) in [5, 5.41) is 6.31. The number of anilines is 1. The van der Waals surface area contributed by atoms with E-state index >= 15 is 0 Å². The van der Waals surface area contributed by atoms with Gasteiger partial charge < -0.3 is 10.6 Å². The fraction of sp³-hybridized carbons (Fsp3) is 0.562. The zero-order valence-corrected chi connectivity index (χ0v) is 11.9. The fourth-order valence-electron chi connectivity index (χ4n) is 2.79. The van der Waals surface area contributed by atoms with Crippen LogP contribution in [0.5, 0.6) is 0 Å². The average Bonchev–Trinajstić information content (AvgIpc) is 2.93. The summed E-state index contributed by atoms with van der Waals surface area (Å²) in [6.45, 7) is 4.59. The van der Waals surface area contributed by atoms with Gasteiger partial charge in [-0.05, 0) is 44.2 Å². The second kappa shape index (κ2) is 6.71. The molecule has 1 unspecified atom stereocenters. The largest absolute Gasteiger partial charge is 0.325 e. The molecule has 0 bridgehead atoms. The van der Waals surface area contributed by atoms with Gasteiger partial charge >= 0.3 is 0 Å². The minimum atomic E-state index is 0.0409. The number of amides is 1. The van der Waals surface area contributed by atoms with Crippen molar-refractivity contribution in [3.63, 3.8) is 0 Å². The van der Waals surface area contributed by atoms with Gasteiger partial charge in [0.05, 0.1) is 6.54 Å². The van der Waals surface area contributed by atoms with E-state index < -0.39 is 0 Å². The zero-order chi connectivity index (χ0) is 13.7. The Morgan fingerprint density at radius 1 is 1.32 bits per heavy atom. The van der Waals surface area contributed by atoms with E-state index in [9.17, 15) is 4.79 Å². The number of rotatable bonds is 5. The van der Waals surface area contributed by atoms with Crippen molar-refractivity contribution in [1.82, 2.24) is 5.32 Å². The summed E-state index contributed by atoms with van der Waals surface area (Å²) < 4.78 is 0. The van der Waals surface area contributed by atoms with Gasteiger partial charge in [-0.3, -0.25) is 4.79 Å². The predicted octanol–water partition coefficient (Wildman–Crippen LogP) is 3.10. The second-order valence-electron chi connectivity index (χ2n) is 5.58. The minimum absolute atomic E-state index is 0.0409. The third kappa shape index (κ3) is 4.06. The molecule has 1 atom stereocenters. The molecule has 0 heterocycles. The highest BCUT2D eigenvalue weighted by Crippen LogP contribution is 2.27. The molecule has 0 saturated heterocycles. The Hall–Kier alpha value is -1.35. The topological polar surface area (TPSA) is 41.1 Å². The quantitative estimate of drug-likeness (QED) is 0.854. The summed E-state index contributed by atoms with van der Waals surface area (Å²) >= 11 is 0. The van der Waals surface area contributed by atoms with Crippen molar-refractivity contribution in [2.75, 3.05) is 11.9 Å². The van der Waals surface area contributed by atoms with Gasteiger partial charge in [0, 0.05) is 11.7 Å². The molecular weight excluding hydrogens is 236 g/mol. The standard InChI is InChI=1S/C16H24N2O/c1-12-7-3-6-10-15(12)18-16(19)11-17-13(2)14-8-4-5-9-14/h3,6-7,10,13-14,17H,4-5,8-9,11H2,1-2H3,(H,18,19). The van der Waals surface area contributed by atoms with Gasteiger partial charge in [-0.25, -0.2) is 0 Å². The second-order valence-corrected chi connectivity index (χ2v) is 5.58. The Morgan fingerprint density at radius 3 is 2.68 bits per heavy atom. The monoisotopic (exact) mass is 260 g/mol. The van der Waals surface area contributed by atoms with E-state index in [0.717, 1.165) is 17.2 Å². The van der Waals surface area contributed by atoms with E-state index in [-0.39, 0.29) is 5.91 Å².